The Morgan fingerprint density at radius 2 is 1.93 bits per heavy atom. The van der Waals surface area contributed by atoms with Gasteiger partial charge in [-0.25, -0.2) is 4.98 Å². The van der Waals surface area contributed by atoms with Gasteiger partial charge in [0.1, 0.15) is 11.6 Å². The van der Waals surface area contributed by atoms with E-state index in [1.54, 1.807) is 13.3 Å². The maximum Gasteiger partial charge on any atom is 0.231 e. The predicted octanol–water partition coefficient (Wildman–Crippen LogP) is 3.48. The SMILES string of the molecule is COc1cccc(CCNc2ccnc(NCc3ccc4c(c3)OCO4)n2)c1. The van der Waals surface area contributed by atoms with Crippen molar-refractivity contribution in [2.75, 3.05) is 31.1 Å². The molecule has 1 aliphatic heterocycles. The van der Waals surface area contributed by atoms with E-state index in [1.807, 2.05) is 42.5 Å². The molecular weight excluding hydrogens is 356 g/mol. The molecule has 2 N–H and O–H groups in total. The molecule has 0 radical (unpaired) electrons. The first-order chi connectivity index (χ1) is 13.8. The molecule has 0 saturated heterocycles. The highest BCUT2D eigenvalue weighted by molar-refractivity contribution is 5.46. The Labute approximate surface area is 163 Å². The molecule has 1 aromatic heterocycles. The molecule has 144 valence electrons. The summed E-state index contributed by atoms with van der Waals surface area (Å²) in [5.41, 5.74) is 2.28. The van der Waals surface area contributed by atoms with E-state index < -0.39 is 0 Å². The standard InChI is InChI=1S/C21H22N4O3/c1-26-17-4-2-3-15(11-17)7-9-22-20-8-10-23-21(25-20)24-13-16-5-6-18-19(12-16)28-14-27-18/h2-6,8,10-12H,7,9,13-14H2,1H3,(H2,22,23,24,25). The molecule has 0 amide bonds. The number of methoxy groups -OCH3 is 1. The summed E-state index contributed by atoms with van der Waals surface area (Å²) in [6.07, 6.45) is 2.62. The molecule has 28 heavy (non-hydrogen) atoms. The molecule has 7 heteroatoms. The summed E-state index contributed by atoms with van der Waals surface area (Å²) >= 11 is 0. The van der Waals surface area contributed by atoms with Gasteiger partial charge in [0.2, 0.25) is 12.7 Å². The van der Waals surface area contributed by atoms with E-state index in [1.165, 1.54) is 5.56 Å². The van der Waals surface area contributed by atoms with Crippen molar-refractivity contribution in [2.45, 2.75) is 13.0 Å². The van der Waals surface area contributed by atoms with Gasteiger partial charge in [0, 0.05) is 19.3 Å². The van der Waals surface area contributed by atoms with Crippen LogP contribution >= 0.6 is 0 Å². The highest BCUT2D eigenvalue weighted by Crippen LogP contribution is 2.32. The summed E-state index contributed by atoms with van der Waals surface area (Å²) < 4.78 is 16.0. The van der Waals surface area contributed by atoms with Gasteiger partial charge < -0.3 is 24.8 Å². The maximum atomic E-state index is 5.41. The molecule has 7 nitrogen and oxygen atoms in total. The second-order valence-electron chi connectivity index (χ2n) is 6.33. The second-order valence-corrected chi connectivity index (χ2v) is 6.33. The van der Waals surface area contributed by atoms with Crippen LogP contribution in [0.1, 0.15) is 11.1 Å². The molecular formula is C21H22N4O3. The average molecular weight is 378 g/mol. The van der Waals surface area contributed by atoms with Gasteiger partial charge in [0.05, 0.1) is 7.11 Å². The third-order valence-electron chi connectivity index (χ3n) is 4.40. The van der Waals surface area contributed by atoms with E-state index in [0.717, 1.165) is 41.6 Å². The lowest BCUT2D eigenvalue weighted by Crippen LogP contribution is -2.09. The minimum atomic E-state index is 0.277. The third-order valence-corrected chi connectivity index (χ3v) is 4.40. The summed E-state index contributed by atoms with van der Waals surface area (Å²) in [5, 5.41) is 6.58. The van der Waals surface area contributed by atoms with Gasteiger partial charge in [-0.05, 0) is 47.9 Å². The van der Waals surface area contributed by atoms with E-state index in [0.29, 0.717) is 12.5 Å². The Bertz CT molecular complexity index is 948. The number of hydrogen-bond donors (Lipinski definition) is 2. The molecule has 0 spiro atoms. The summed E-state index contributed by atoms with van der Waals surface area (Å²) in [6, 6.07) is 15.8. The number of aromatic nitrogens is 2. The van der Waals surface area contributed by atoms with Crippen molar-refractivity contribution >= 4 is 11.8 Å². The van der Waals surface area contributed by atoms with Crippen LogP contribution in [-0.4, -0.2) is 30.4 Å². The first kappa shape index (κ1) is 17.9. The van der Waals surface area contributed by atoms with Gasteiger partial charge in [-0.1, -0.05) is 18.2 Å². The monoisotopic (exact) mass is 378 g/mol. The van der Waals surface area contributed by atoms with E-state index in [4.69, 9.17) is 14.2 Å². The van der Waals surface area contributed by atoms with Crippen LogP contribution in [0.3, 0.4) is 0 Å². The van der Waals surface area contributed by atoms with Gasteiger partial charge >= 0.3 is 0 Å². The fourth-order valence-corrected chi connectivity index (χ4v) is 2.94. The van der Waals surface area contributed by atoms with Crippen LogP contribution in [0.15, 0.2) is 54.7 Å². The topological polar surface area (TPSA) is 77.5 Å². The normalized spacial score (nSPS) is 11.9. The van der Waals surface area contributed by atoms with Crippen LogP contribution in [0.4, 0.5) is 11.8 Å². The smallest absolute Gasteiger partial charge is 0.231 e. The Balaban J connectivity index is 1.30. The highest BCUT2D eigenvalue weighted by Gasteiger charge is 2.13. The number of ether oxygens (including phenoxy) is 3. The third kappa shape index (κ3) is 4.43. The first-order valence-corrected chi connectivity index (χ1v) is 9.12. The molecule has 0 saturated carbocycles. The van der Waals surface area contributed by atoms with E-state index in [9.17, 15) is 0 Å². The highest BCUT2D eigenvalue weighted by atomic mass is 16.7. The van der Waals surface area contributed by atoms with Crippen molar-refractivity contribution in [3.8, 4) is 17.2 Å². The molecule has 1 aliphatic rings. The summed E-state index contributed by atoms with van der Waals surface area (Å²) in [7, 11) is 1.68. The fraction of sp³-hybridized carbons (Fsp3) is 0.238. The van der Waals surface area contributed by atoms with Crippen molar-refractivity contribution < 1.29 is 14.2 Å². The number of rotatable bonds is 8. The molecule has 4 rings (SSSR count). The number of hydrogen-bond acceptors (Lipinski definition) is 7. The lowest BCUT2D eigenvalue weighted by Gasteiger charge is -2.09. The van der Waals surface area contributed by atoms with Crippen molar-refractivity contribution in [1.29, 1.82) is 0 Å². The molecule has 2 aromatic carbocycles. The lowest BCUT2D eigenvalue weighted by molar-refractivity contribution is 0.174. The number of nitrogens with one attached hydrogen (secondary N) is 2. The average Bonchev–Trinajstić information content (AvgIpc) is 3.21. The Kier molecular flexibility index (Phi) is 5.42. The van der Waals surface area contributed by atoms with Crippen LogP contribution < -0.4 is 24.8 Å². The van der Waals surface area contributed by atoms with E-state index in [-0.39, 0.29) is 6.79 Å². The minimum Gasteiger partial charge on any atom is -0.497 e. The number of fused-ring (bicyclic) bond motifs is 1. The zero-order valence-electron chi connectivity index (χ0n) is 15.6. The summed E-state index contributed by atoms with van der Waals surface area (Å²) in [4.78, 5) is 8.79. The lowest BCUT2D eigenvalue weighted by atomic mass is 10.1. The van der Waals surface area contributed by atoms with Crippen molar-refractivity contribution in [1.82, 2.24) is 9.97 Å². The fourth-order valence-electron chi connectivity index (χ4n) is 2.94. The quantitative estimate of drug-likeness (QED) is 0.621. The first-order valence-electron chi connectivity index (χ1n) is 9.12. The van der Waals surface area contributed by atoms with Crippen molar-refractivity contribution in [3.05, 3.63) is 65.9 Å². The second kappa shape index (κ2) is 8.47. The zero-order chi connectivity index (χ0) is 19.2. The van der Waals surface area contributed by atoms with Crippen LogP contribution in [0.2, 0.25) is 0 Å². The number of anilines is 2. The summed E-state index contributed by atoms with van der Waals surface area (Å²) in [6.45, 7) is 1.65. The van der Waals surface area contributed by atoms with Gasteiger partial charge in [0.15, 0.2) is 11.5 Å². The maximum absolute atomic E-state index is 5.41. The predicted molar refractivity (Wildman–Crippen MR) is 107 cm³/mol. The van der Waals surface area contributed by atoms with Crippen LogP contribution in [0.5, 0.6) is 17.2 Å². The largest absolute Gasteiger partial charge is 0.497 e. The number of benzene rings is 2. The Morgan fingerprint density at radius 1 is 1.00 bits per heavy atom. The van der Waals surface area contributed by atoms with Crippen LogP contribution in [0.25, 0.3) is 0 Å². The molecule has 2 heterocycles. The zero-order valence-corrected chi connectivity index (χ0v) is 15.6. The Morgan fingerprint density at radius 3 is 2.86 bits per heavy atom. The van der Waals surface area contributed by atoms with Crippen molar-refractivity contribution in [3.63, 3.8) is 0 Å². The minimum absolute atomic E-state index is 0.277. The molecule has 0 unspecified atom stereocenters. The molecule has 0 fully saturated rings. The van der Waals surface area contributed by atoms with Gasteiger partial charge in [-0.2, -0.15) is 4.98 Å². The van der Waals surface area contributed by atoms with Crippen LogP contribution in [0, 0.1) is 0 Å². The van der Waals surface area contributed by atoms with E-state index >= 15 is 0 Å². The molecule has 0 bridgehead atoms. The Hall–Kier alpha value is -3.48. The van der Waals surface area contributed by atoms with Gasteiger partial charge in [-0.15, -0.1) is 0 Å². The van der Waals surface area contributed by atoms with E-state index in [2.05, 4.69) is 26.7 Å². The van der Waals surface area contributed by atoms with Gasteiger partial charge in [-0.3, -0.25) is 0 Å². The van der Waals surface area contributed by atoms with Crippen LogP contribution in [-0.2, 0) is 13.0 Å². The number of nitrogens with zero attached hydrogens (tertiary/aromatic N) is 2. The van der Waals surface area contributed by atoms with Crippen molar-refractivity contribution in [2.24, 2.45) is 0 Å². The molecule has 3 aromatic rings. The molecule has 0 atom stereocenters. The molecule has 0 aliphatic carbocycles. The summed E-state index contributed by atoms with van der Waals surface area (Å²) in [5.74, 6) is 3.78. The van der Waals surface area contributed by atoms with Gasteiger partial charge in [0.25, 0.3) is 0 Å².